The average Bonchev–Trinajstić information content (AvgIpc) is 3.18. The van der Waals surface area contributed by atoms with Gasteiger partial charge in [-0.2, -0.15) is 0 Å². The summed E-state index contributed by atoms with van der Waals surface area (Å²) in [6.07, 6.45) is 8.66. The molecule has 1 saturated heterocycles. The van der Waals surface area contributed by atoms with Crippen LogP contribution in [-0.2, 0) is 20.9 Å². The molecule has 3 heterocycles. The SMILES string of the molecule is O=C(NCCCn1ccnc1)[C@@H]1[C@H](C(=O)O)[C@@H]2C=C[C@H]1O2. The fourth-order valence-corrected chi connectivity index (χ4v) is 2.93. The lowest BCUT2D eigenvalue weighted by Crippen LogP contribution is -2.42. The van der Waals surface area contributed by atoms with E-state index in [1.54, 1.807) is 24.7 Å². The van der Waals surface area contributed by atoms with Crippen LogP contribution < -0.4 is 5.32 Å². The molecule has 1 aromatic rings. The van der Waals surface area contributed by atoms with E-state index in [9.17, 15) is 14.7 Å². The maximum absolute atomic E-state index is 12.2. The molecule has 112 valence electrons. The van der Waals surface area contributed by atoms with Crippen LogP contribution in [0, 0.1) is 11.8 Å². The number of carbonyl (C=O) groups excluding carboxylic acids is 1. The molecule has 1 aromatic heterocycles. The highest BCUT2D eigenvalue weighted by atomic mass is 16.5. The zero-order valence-electron chi connectivity index (χ0n) is 11.4. The van der Waals surface area contributed by atoms with Crippen LogP contribution in [0.1, 0.15) is 6.42 Å². The third kappa shape index (κ3) is 2.69. The molecule has 0 unspecified atom stereocenters. The second kappa shape index (κ2) is 5.69. The van der Waals surface area contributed by atoms with Crippen molar-refractivity contribution in [1.82, 2.24) is 14.9 Å². The molecule has 0 spiro atoms. The minimum absolute atomic E-state index is 0.245. The third-order valence-electron chi connectivity index (χ3n) is 3.94. The Kier molecular flexibility index (Phi) is 3.74. The lowest BCUT2D eigenvalue weighted by Gasteiger charge is -2.20. The van der Waals surface area contributed by atoms with Gasteiger partial charge in [-0.3, -0.25) is 9.59 Å². The normalized spacial score (nSPS) is 29.7. The molecule has 4 atom stereocenters. The molecule has 2 aliphatic rings. The summed E-state index contributed by atoms with van der Waals surface area (Å²) in [5.74, 6) is -2.64. The number of carbonyl (C=O) groups is 2. The summed E-state index contributed by atoms with van der Waals surface area (Å²) in [6.45, 7) is 1.26. The van der Waals surface area contributed by atoms with E-state index in [0.29, 0.717) is 6.54 Å². The number of hydrogen-bond donors (Lipinski definition) is 2. The number of nitrogens with zero attached hydrogens (tertiary/aromatic N) is 2. The molecule has 0 aliphatic carbocycles. The highest BCUT2D eigenvalue weighted by molar-refractivity contribution is 5.87. The third-order valence-corrected chi connectivity index (χ3v) is 3.94. The quantitative estimate of drug-likeness (QED) is 0.570. The number of aryl methyl sites for hydroxylation is 1. The van der Waals surface area contributed by atoms with Crippen molar-refractivity contribution < 1.29 is 19.4 Å². The molecular weight excluding hydrogens is 274 g/mol. The maximum Gasteiger partial charge on any atom is 0.310 e. The Morgan fingerprint density at radius 3 is 2.71 bits per heavy atom. The van der Waals surface area contributed by atoms with Crippen molar-refractivity contribution in [3.05, 3.63) is 30.9 Å². The standard InChI is InChI=1S/C14H17N3O4/c18-13(16-4-1-6-17-7-5-15-8-17)11-9-2-3-10(21-9)12(11)14(19)20/h2-3,5,7-12H,1,4,6H2,(H,16,18)(H,19,20)/t9-,10+,11+,12-/m1/s1. The first-order valence-corrected chi connectivity index (χ1v) is 6.97. The van der Waals surface area contributed by atoms with Crippen molar-refractivity contribution >= 4 is 11.9 Å². The van der Waals surface area contributed by atoms with Gasteiger partial charge in [0, 0.05) is 25.5 Å². The van der Waals surface area contributed by atoms with Gasteiger partial charge in [-0.15, -0.1) is 0 Å². The summed E-state index contributed by atoms with van der Waals surface area (Å²) >= 11 is 0. The van der Waals surface area contributed by atoms with E-state index in [1.165, 1.54) is 0 Å². The summed E-state index contributed by atoms with van der Waals surface area (Å²) in [5.41, 5.74) is 0. The van der Waals surface area contributed by atoms with Gasteiger partial charge in [-0.05, 0) is 6.42 Å². The molecule has 2 N–H and O–H groups in total. The first-order chi connectivity index (χ1) is 10.2. The highest BCUT2D eigenvalue weighted by Gasteiger charge is 2.53. The van der Waals surface area contributed by atoms with E-state index in [2.05, 4.69) is 10.3 Å². The first-order valence-electron chi connectivity index (χ1n) is 6.97. The van der Waals surface area contributed by atoms with Crippen molar-refractivity contribution in [2.75, 3.05) is 6.54 Å². The summed E-state index contributed by atoms with van der Waals surface area (Å²) in [7, 11) is 0. The summed E-state index contributed by atoms with van der Waals surface area (Å²) in [5, 5.41) is 12.1. The Balaban J connectivity index is 1.51. The predicted molar refractivity (Wildman–Crippen MR) is 72.3 cm³/mol. The number of carboxylic acid groups (broad SMARTS) is 1. The number of ether oxygens (including phenoxy) is 1. The van der Waals surface area contributed by atoms with Gasteiger partial charge in [0.2, 0.25) is 5.91 Å². The molecule has 0 aromatic carbocycles. The van der Waals surface area contributed by atoms with Gasteiger partial charge in [0.1, 0.15) is 5.92 Å². The average molecular weight is 291 g/mol. The van der Waals surface area contributed by atoms with E-state index < -0.39 is 30.0 Å². The van der Waals surface area contributed by atoms with E-state index >= 15 is 0 Å². The Bertz CT molecular complexity index is 555. The van der Waals surface area contributed by atoms with Crippen molar-refractivity contribution in [3.8, 4) is 0 Å². The molecule has 0 saturated carbocycles. The van der Waals surface area contributed by atoms with Gasteiger partial charge in [0.05, 0.1) is 24.5 Å². The van der Waals surface area contributed by atoms with Crippen LogP contribution in [0.25, 0.3) is 0 Å². The lowest BCUT2D eigenvalue weighted by molar-refractivity contribution is -0.146. The van der Waals surface area contributed by atoms with Crippen molar-refractivity contribution in [1.29, 1.82) is 0 Å². The monoisotopic (exact) mass is 291 g/mol. The van der Waals surface area contributed by atoms with Crippen LogP contribution in [0.15, 0.2) is 30.9 Å². The van der Waals surface area contributed by atoms with Crippen molar-refractivity contribution in [2.24, 2.45) is 11.8 Å². The Morgan fingerprint density at radius 2 is 2.05 bits per heavy atom. The number of rotatable bonds is 6. The molecule has 21 heavy (non-hydrogen) atoms. The van der Waals surface area contributed by atoms with Crippen LogP contribution in [0.3, 0.4) is 0 Å². The molecule has 3 rings (SSSR count). The number of aromatic nitrogens is 2. The van der Waals surface area contributed by atoms with Gasteiger partial charge in [-0.25, -0.2) is 4.98 Å². The summed E-state index contributed by atoms with van der Waals surface area (Å²) < 4.78 is 7.41. The number of carboxylic acids is 1. The largest absolute Gasteiger partial charge is 0.481 e. The van der Waals surface area contributed by atoms with Crippen molar-refractivity contribution in [2.45, 2.75) is 25.2 Å². The van der Waals surface area contributed by atoms with E-state index in [4.69, 9.17) is 4.74 Å². The zero-order valence-corrected chi connectivity index (χ0v) is 11.4. The molecular formula is C14H17N3O4. The van der Waals surface area contributed by atoms with Crippen molar-refractivity contribution in [3.63, 3.8) is 0 Å². The predicted octanol–water partition coefficient (Wildman–Crippen LogP) is 0.0436. The molecule has 2 bridgehead atoms. The number of aliphatic carboxylic acids is 1. The number of amides is 1. The van der Waals surface area contributed by atoms with Crippen LogP contribution >= 0.6 is 0 Å². The minimum Gasteiger partial charge on any atom is -0.481 e. The summed E-state index contributed by atoms with van der Waals surface area (Å²) in [4.78, 5) is 27.4. The second-order valence-electron chi connectivity index (χ2n) is 5.29. The zero-order chi connectivity index (χ0) is 14.8. The maximum atomic E-state index is 12.2. The van der Waals surface area contributed by atoms with E-state index in [1.807, 2.05) is 10.8 Å². The van der Waals surface area contributed by atoms with Gasteiger partial charge < -0.3 is 19.7 Å². The van der Waals surface area contributed by atoms with Crippen LogP contribution in [0.5, 0.6) is 0 Å². The Labute approximate surface area is 121 Å². The molecule has 2 aliphatic heterocycles. The van der Waals surface area contributed by atoms with Gasteiger partial charge >= 0.3 is 5.97 Å². The fraction of sp³-hybridized carbons (Fsp3) is 0.500. The second-order valence-corrected chi connectivity index (χ2v) is 5.29. The summed E-state index contributed by atoms with van der Waals surface area (Å²) in [6, 6.07) is 0. The molecule has 7 heteroatoms. The van der Waals surface area contributed by atoms with Crippen LogP contribution in [0.4, 0.5) is 0 Å². The van der Waals surface area contributed by atoms with Gasteiger partial charge in [0.15, 0.2) is 0 Å². The first kappa shape index (κ1) is 13.8. The van der Waals surface area contributed by atoms with Gasteiger partial charge in [-0.1, -0.05) is 12.2 Å². The van der Waals surface area contributed by atoms with Crippen LogP contribution in [0.2, 0.25) is 0 Å². The van der Waals surface area contributed by atoms with Gasteiger partial charge in [0.25, 0.3) is 0 Å². The Hall–Kier alpha value is -2.15. The fourth-order valence-electron chi connectivity index (χ4n) is 2.93. The lowest BCUT2D eigenvalue weighted by atomic mass is 9.82. The number of hydrogen-bond acceptors (Lipinski definition) is 4. The van der Waals surface area contributed by atoms with E-state index in [-0.39, 0.29) is 5.91 Å². The molecule has 0 radical (unpaired) electrons. The number of imidazole rings is 1. The number of nitrogens with one attached hydrogen (secondary N) is 1. The molecule has 1 amide bonds. The molecule has 1 fully saturated rings. The van der Waals surface area contributed by atoms with Crippen LogP contribution in [-0.4, -0.2) is 45.3 Å². The minimum atomic E-state index is -0.981. The number of fused-ring (bicyclic) bond motifs is 2. The van der Waals surface area contributed by atoms with E-state index in [0.717, 1.165) is 13.0 Å². The topological polar surface area (TPSA) is 93.5 Å². The molecule has 7 nitrogen and oxygen atoms in total. The Morgan fingerprint density at radius 1 is 1.29 bits per heavy atom. The highest BCUT2D eigenvalue weighted by Crippen LogP contribution is 2.39. The smallest absolute Gasteiger partial charge is 0.310 e.